The van der Waals surface area contributed by atoms with Crippen molar-refractivity contribution < 1.29 is 4.74 Å². The third-order valence-electron chi connectivity index (χ3n) is 4.73. The molecule has 0 fully saturated rings. The highest BCUT2D eigenvalue weighted by Crippen LogP contribution is 2.40. The Morgan fingerprint density at radius 1 is 1.20 bits per heavy atom. The smallest absolute Gasteiger partial charge is 0.129 e. The number of halogens is 1. The maximum absolute atomic E-state index is 5.64. The highest BCUT2D eigenvalue weighted by atomic mass is 127. The number of allylic oxidation sites excluding steroid dienone is 1. The molecule has 3 rings (SSSR count). The molecule has 130 valence electrons. The SMILES string of the molecule is COc1cc2c(cc1C=Nc1cccc(I)c1)C(C)=CC(C)(C)N2C. The molecule has 0 spiro atoms. The Morgan fingerprint density at radius 3 is 2.64 bits per heavy atom. The minimum Gasteiger partial charge on any atom is -0.496 e. The Kier molecular flexibility index (Phi) is 4.91. The third kappa shape index (κ3) is 3.59. The second kappa shape index (κ2) is 6.83. The van der Waals surface area contributed by atoms with Crippen LogP contribution in [0, 0.1) is 3.57 Å². The van der Waals surface area contributed by atoms with E-state index in [1.54, 1.807) is 7.11 Å². The van der Waals surface area contributed by atoms with E-state index in [0.29, 0.717) is 0 Å². The van der Waals surface area contributed by atoms with Gasteiger partial charge in [0.1, 0.15) is 5.75 Å². The Labute approximate surface area is 163 Å². The quantitative estimate of drug-likeness (QED) is 0.448. The van der Waals surface area contributed by atoms with E-state index >= 15 is 0 Å². The normalized spacial score (nSPS) is 15.9. The molecule has 0 amide bonds. The van der Waals surface area contributed by atoms with E-state index in [4.69, 9.17) is 4.74 Å². The number of hydrogen-bond acceptors (Lipinski definition) is 3. The minimum atomic E-state index is -0.0155. The van der Waals surface area contributed by atoms with Crippen LogP contribution in [0.15, 0.2) is 47.5 Å². The lowest BCUT2D eigenvalue weighted by Gasteiger charge is -2.40. The summed E-state index contributed by atoms with van der Waals surface area (Å²) in [5.74, 6) is 0.838. The maximum Gasteiger partial charge on any atom is 0.129 e. The lowest BCUT2D eigenvalue weighted by molar-refractivity contribution is 0.414. The standard InChI is InChI=1S/C21H23IN2O/c1-14-12-21(2,3)24(4)19-11-20(25-5)15(9-18(14)19)13-23-17-8-6-7-16(22)10-17/h6-13H,1-5H3. The van der Waals surface area contributed by atoms with Crippen molar-refractivity contribution in [3.63, 3.8) is 0 Å². The summed E-state index contributed by atoms with van der Waals surface area (Å²) < 4.78 is 6.81. The first kappa shape index (κ1) is 18.0. The number of aliphatic imine (C=N–C) groups is 1. The Morgan fingerprint density at radius 2 is 1.96 bits per heavy atom. The van der Waals surface area contributed by atoms with Gasteiger partial charge < -0.3 is 9.64 Å². The highest BCUT2D eigenvalue weighted by molar-refractivity contribution is 14.1. The van der Waals surface area contributed by atoms with Crippen molar-refractivity contribution in [2.24, 2.45) is 4.99 Å². The number of benzene rings is 2. The van der Waals surface area contributed by atoms with Crippen LogP contribution < -0.4 is 9.64 Å². The van der Waals surface area contributed by atoms with E-state index in [2.05, 4.69) is 90.6 Å². The molecule has 1 aliphatic rings. The minimum absolute atomic E-state index is 0.0155. The zero-order valence-corrected chi connectivity index (χ0v) is 17.5. The van der Waals surface area contributed by atoms with Crippen LogP contribution in [0.1, 0.15) is 31.9 Å². The molecule has 0 bridgehead atoms. The van der Waals surface area contributed by atoms with Gasteiger partial charge >= 0.3 is 0 Å². The van der Waals surface area contributed by atoms with Gasteiger partial charge in [0.25, 0.3) is 0 Å². The summed E-state index contributed by atoms with van der Waals surface area (Å²) in [7, 11) is 3.84. The molecule has 2 aromatic rings. The van der Waals surface area contributed by atoms with E-state index < -0.39 is 0 Å². The molecule has 0 aliphatic carbocycles. The van der Waals surface area contributed by atoms with Gasteiger partial charge in [0.05, 0.1) is 18.3 Å². The Balaban J connectivity index is 2.06. The summed E-state index contributed by atoms with van der Waals surface area (Å²) >= 11 is 2.30. The molecule has 0 aromatic heterocycles. The number of rotatable bonds is 3. The lowest BCUT2D eigenvalue weighted by atomic mass is 9.88. The van der Waals surface area contributed by atoms with Gasteiger partial charge in [-0.1, -0.05) is 12.1 Å². The molecule has 0 saturated heterocycles. The molecule has 25 heavy (non-hydrogen) atoms. The fraction of sp³-hybridized carbons (Fsp3) is 0.286. The zero-order chi connectivity index (χ0) is 18.2. The number of likely N-dealkylation sites (N-methyl/N-ethyl adjacent to an activating group) is 1. The molecule has 3 nitrogen and oxygen atoms in total. The molecule has 4 heteroatoms. The second-order valence-corrected chi connectivity index (χ2v) is 8.14. The van der Waals surface area contributed by atoms with Crippen molar-refractivity contribution in [1.29, 1.82) is 0 Å². The number of hydrogen-bond donors (Lipinski definition) is 0. The number of fused-ring (bicyclic) bond motifs is 1. The van der Waals surface area contributed by atoms with Gasteiger partial charge in [0.15, 0.2) is 0 Å². The van der Waals surface area contributed by atoms with Crippen molar-refractivity contribution in [3.05, 3.63) is 57.2 Å². The van der Waals surface area contributed by atoms with Crippen molar-refractivity contribution in [3.8, 4) is 5.75 Å². The van der Waals surface area contributed by atoms with Gasteiger partial charge in [-0.15, -0.1) is 0 Å². The molecule has 2 aromatic carbocycles. The van der Waals surface area contributed by atoms with Gasteiger partial charge in [0.2, 0.25) is 0 Å². The van der Waals surface area contributed by atoms with Gasteiger partial charge in [-0.2, -0.15) is 0 Å². The first-order valence-corrected chi connectivity index (χ1v) is 9.35. The molecule has 0 unspecified atom stereocenters. The summed E-state index contributed by atoms with van der Waals surface area (Å²) in [6.45, 7) is 6.61. The lowest BCUT2D eigenvalue weighted by Crippen LogP contribution is -2.42. The largest absolute Gasteiger partial charge is 0.496 e. The van der Waals surface area contributed by atoms with E-state index in [0.717, 1.165) is 17.0 Å². The van der Waals surface area contributed by atoms with Crippen LogP contribution in [0.5, 0.6) is 5.75 Å². The molecule has 1 heterocycles. The number of anilines is 1. The first-order valence-electron chi connectivity index (χ1n) is 8.27. The van der Waals surface area contributed by atoms with Crippen LogP contribution in [0.25, 0.3) is 5.57 Å². The molecular weight excluding hydrogens is 423 g/mol. The monoisotopic (exact) mass is 446 g/mol. The van der Waals surface area contributed by atoms with Crippen LogP contribution in [0.3, 0.4) is 0 Å². The highest BCUT2D eigenvalue weighted by Gasteiger charge is 2.29. The topological polar surface area (TPSA) is 24.8 Å². The van der Waals surface area contributed by atoms with Crippen molar-refractivity contribution in [2.45, 2.75) is 26.3 Å². The number of methoxy groups -OCH3 is 1. The van der Waals surface area contributed by atoms with Gasteiger partial charge in [-0.3, -0.25) is 4.99 Å². The van der Waals surface area contributed by atoms with Crippen molar-refractivity contribution >= 4 is 45.8 Å². The average molecular weight is 446 g/mol. The third-order valence-corrected chi connectivity index (χ3v) is 5.40. The molecule has 0 atom stereocenters. The predicted molar refractivity (Wildman–Crippen MR) is 116 cm³/mol. The molecule has 0 N–H and O–H groups in total. The predicted octanol–water partition coefficient (Wildman–Crippen LogP) is 5.68. The summed E-state index contributed by atoms with van der Waals surface area (Å²) in [5, 5.41) is 0. The fourth-order valence-electron chi connectivity index (χ4n) is 3.17. The summed E-state index contributed by atoms with van der Waals surface area (Å²) in [6, 6.07) is 12.4. The maximum atomic E-state index is 5.64. The van der Waals surface area contributed by atoms with E-state index in [9.17, 15) is 0 Å². The van der Waals surface area contributed by atoms with Gasteiger partial charge in [-0.25, -0.2) is 0 Å². The summed E-state index contributed by atoms with van der Waals surface area (Å²) in [6.07, 6.45) is 4.19. The van der Waals surface area contributed by atoms with E-state index in [1.165, 1.54) is 20.4 Å². The Bertz CT molecular complexity index is 868. The van der Waals surface area contributed by atoms with Crippen molar-refractivity contribution in [2.75, 3.05) is 19.1 Å². The van der Waals surface area contributed by atoms with Crippen LogP contribution in [-0.2, 0) is 0 Å². The van der Waals surface area contributed by atoms with Gasteiger partial charge in [-0.05, 0) is 73.2 Å². The average Bonchev–Trinajstić information content (AvgIpc) is 2.57. The number of nitrogens with zero attached hydrogens (tertiary/aromatic N) is 2. The molecular formula is C21H23IN2O. The second-order valence-electron chi connectivity index (χ2n) is 6.89. The zero-order valence-electron chi connectivity index (χ0n) is 15.3. The summed E-state index contributed by atoms with van der Waals surface area (Å²) in [5.41, 5.74) is 5.61. The molecule has 0 saturated carbocycles. The molecule has 0 radical (unpaired) electrons. The van der Waals surface area contributed by atoms with Crippen molar-refractivity contribution in [1.82, 2.24) is 0 Å². The van der Waals surface area contributed by atoms with Crippen LogP contribution in [0.2, 0.25) is 0 Å². The molecule has 1 aliphatic heterocycles. The fourth-order valence-corrected chi connectivity index (χ4v) is 3.70. The Hall–Kier alpha value is -1.82. The van der Waals surface area contributed by atoms with Crippen LogP contribution in [0.4, 0.5) is 11.4 Å². The van der Waals surface area contributed by atoms with E-state index in [1.807, 2.05) is 18.3 Å². The first-order chi connectivity index (χ1) is 11.8. The van der Waals surface area contributed by atoms with Crippen LogP contribution in [-0.4, -0.2) is 25.9 Å². The van der Waals surface area contributed by atoms with Gasteiger partial charge in [0, 0.05) is 39.7 Å². The van der Waals surface area contributed by atoms with Crippen LogP contribution >= 0.6 is 22.6 Å². The number of ether oxygens (including phenoxy) is 1. The summed E-state index contributed by atoms with van der Waals surface area (Å²) in [4.78, 5) is 6.91. The van der Waals surface area contributed by atoms with E-state index in [-0.39, 0.29) is 5.54 Å².